The molecule has 0 aliphatic carbocycles. The fraction of sp³-hybridized carbons (Fsp3) is 1.00. The summed E-state index contributed by atoms with van der Waals surface area (Å²) in [5.74, 6) is 0. The Kier molecular flexibility index (Phi) is 6.10. The van der Waals surface area contributed by atoms with Gasteiger partial charge in [-0.05, 0) is 19.9 Å². The number of nitrogens with zero attached hydrogens (tertiary/aromatic N) is 1. The summed E-state index contributed by atoms with van der Waals surface area (Å²) in [6.07, 6.45) is 1.06. The van der Waals surface area contributed by atoms with Gasteiger partial charge in [0.25, 0.3) is 0 Å². The van der Waals surface area contributed by atoms with Gasteiger partial charge >= 0.3 is 0 Å². The summed E-state index contributed by atoms with van der Waals surface area (Å²) < 4.78 is 5.29. The Bertz CT molecular complexity index is 137. The molecule has 1 rings (SSSR count). The first-order chi connectivity index (χ1) is 6.83. The van der Waals surface area contributed by atoms with E-state index in [9.17, 15) is 0 Å². The van der Waals surface area contributed by atoms with Crippen LogP contribution >= 0.6 is 0 Å². The van der Waals surface area contributed by atoms with Crippen LogP contribution in [0.3, 0.4) is 0 Å². The highest BCUT2D eigenvalue weighted by Crippen LogP contribution is 1.95. The lowest BCUT2D eigenvalue weighted by atomic mass is 10.2. The molecule has 0 aromatic heterocycles. The van der Waals surface area contributed by atoms with Crippen LogP contribution in [0, 0.1) is 0 Å². The summed E-state index contributed by atoms with van der Waals surface area (Å²) in [6.45, 7) is 9.06. The highest BCUT2D eigenvalue weighted by molar-refractivity contribution is 4.66. The molecule has 1 atom stereocenters. The van der Waals surface area contributed by atoms with Gasteiger partial charge in [-0.3, -0.25) is 4.90 Å². The summed E-state index contributed by atoms with van der Waals surface area (Å²) in [5.41, 5.74) is 5.48. The molecule has 14 heavy (non-hydrogen) atoms. The Morgan fingerprint density at radius 2 is 2.14 bits per heavy atom. The minimum Gasteiger partial charge on any atom is -0.379 e. The molecule has 0 saturated carbocycles. The molecule has 1 saturated heterocycles. The molecule has 0 bridgehead atoms. The molecule has 1 fully saturated rings. The van der Waals surface area contributed by atoms with Crippen LogP contribution in [0.2, 0.25) is 0 Å². The number of ether oxygens (including phenoxy) is 1. The molecule has 4 heteroatoms. The fourth-order valence-corrected chi connectivity index (χ4v) is 1.65. The monoisotopic (exact) mass is 201 g/mol. The predicted molar refractivity (Wildman–Crippen MR) is 58.4 cm³/mol. The van der Waals surface area contributed by atoms with Gasteiger partial charge in [0.2, 0.25) is 0 Å². The van der Waals surface area contributed by atoms with E-state index in [1.54, 1.807) is 0 Å². The van der Waals surface area contributed by atoms with E-state index in [1.807, 2.05) is 0 Å². The zero-order chi connectivity index (χ0) is 10.2. The molecule has 1 heterocycles. The predicted octanol–water partition coefficient (Wildman–Crippen LogP) is -0.354. The molecular weight excluding hydrogens is 178 g/mol. The number of nitrogens with two attached hydrogens (primary N) is 1. The van der Waals surface area contributed by atoms with E-state index in [-0.39, 0.29) is 0 Å². The number of rotatable bonds is 6. The van der Waals surface area contributed by atoms with Crippen molar-refractivity contribution in [3.63, 3.8) is 0 Å². The van der Waals surface area contributed by atoms with Crippen molar-refractivity contribution < 1.29 is 4.74 Å². The summed E-state index contributed by atoms with van der Waals surface area (Å²) in [4.78, 5) is 2.44. The molecule has 4 nitrogen and oxygen atoms in total. The topological polar surface area (TPSA) is 50.5 Å². The number of hydrogen-bond acceptors (Lipinski definition) is 4. The summed E-state index contributed by atoms with van der Waals surface area (Å²) >= 11 is 0. The van der Waals surface area contributed by atoms with E-state index in [0.29, 0.717) is 6.04 Å². The Hall–Kier alpha value is -0.160. The second-order valence-corrected chi connectivity index (χ2v) is 3.89. The van der Waals surface area contributed by atoms with Gasteiger partial charge in [0.1, 0.15) is 0 Å². The third-order valence-corrected chi connectivity index (χ3v) is 2.62. The Morgan fingerprint density at radius 3 is 2.79 bits per heavy atom. The number of morpholine rings is 1. The third kappa shape index (κ3) is 4.91. The molecular formula is C10H23N3O. The maximum Gasteiger partial charge on any atom is 0.0594 e. The van der Waals surface area contributed by atoms with Gasteiger partial charge in [0, 0.05) is 32.2 Å². The summed E-state index contributed by atoms with van der Waals surface area (Å²) in [5, 5.41) is 3.47. The van der Waals surface area contributed by atoms with Crippen LogP contribution in [0.25, 0.3) is 0 Å². The smallest absolute Gasteiger partial charge is 0.0594 e. The van der Waals surface area contributed by atoms with Crippen molar-refractivity contribution >= 4 is 0 Å². The van der Waals surface area contributed by atoms with Crippen molar-refractivity contribution in [2.45, 2.75) is 19.4 Å². The second kappa shape index (κ2) is 7.17. The normalized spacial score (nSPS) is 21.0. The van der Waals surface area contributed by atoms with E-state index in [0.717, 1.165) is 52.4 Å². The van der Waals surface area contributed by atoms with E-state index in [1.165, 1.54) is 0 Å². The van der Waals surface area contributed by atoms with Crippen molar-refractivity contribution in [3.8, 4) is 0 Å². The van der Waals surface area contributed by atoms with Crippen LogP contribution in [0.1, 0.15) is 13.3 Å². The van der Waals surface area contributed by atoms with Crippen LogP contribution in [-0.2, 0) is 4.74 Å². The van der Waals surface area contributed by atoms with Gasteiger partial charge in [-0.2, -0.15) is 0 Å². The highest BCUT2D eigenvalue weighted by atomic mass is 16.5. The molecule has 0 amide bonds. The zero-order valence-corrected chi connectivity index (χ0v) is 9.17. The minimum atomic E-state index is 0.543. The summed E-state index contributed by atoms with van der Waals surface area (Å²) in [7, 11) is 0. The first-order valence-corrected chi connectivity index (χ1v) is 5.56. The maximum absolute atomic E-state index is 5.48. The largest absolute Gasteiger partial charge is 0.379 e. The van der Waals surface area contributed by atoms with Gasteiger partial charge in [-0.1, -0.05) is 0 Å². The first kappa shape index (κ1) is 11.9. The van der Waals surface area contributed by atoms with Crippen LogP contribution in [0.5, 0.6) is 0 Å². The second-order valence-electron chi connectivity index (χ2n) is 3.89. The molecule has 84 valence electrons. The van der Waals surface area contributed by atoms with Crippen LogP contribution in [0.15, 0.2) is 0 Å². The SMILES string of the molecule is CC(CCN)NCCN1CCOCC1. The first-order valence-electron chi connectivity index (χ1n) is 5.56. The Balaban J connectivity index is 1.96. The zero-order valence-electron chi connectivity index (χ0n) is 9.17. The van der Waals surface area contributed by atoms with Gasteiger partial charge in [0.05, 0.1) is 13.2 Å². The van der Waals surface area contributed by atoms with Gasteiger partial charge in [0.15, 0.2) is 0 Å². The molecule has 1 unspecified atom stereocenters. The fourth-order valence-electron chi connectivity index (χ4n) is 1.65. The third-order valence-electron chi connectivity index (χ3n) is 2.62. The van der Waals surface area contributed by atoms with E-state index < -0.39 is 0 Å². The van der Waals surface area contributed by atoms with Gasteiger partial charge in [-0.25, -0.2) is 0 Å². The van der Waals surface area contributed by atoms with E-state index >= 15 is 0 Å². The lowest BCUT2D eigenvalue weighted by Crippen LogP contribution is -2.42. The average molecular weight is 201 g/mol. The number of nitrogens with one attached hydrogen (secondary N) is 1. The van der Waals surface area contributed by atoms with Crippen LogP contribution in [-0.4, -0.2) is 56.9 Å². The molecule has 0 spiro atoms. The quantitative estimate of drug-likeness (QED) is 0.616. The van der Waals surface area contributed by atoms with Crippen molar-refractivity contribution in [2.75, 3.05) is 45.9 Å². The van der Waals surface area contributed by atoms with Crippen LogP contribution in [0.4, 0.5) is 0 Å². The van der Waals surface area contributed by atoms with Crippen molar-refractivity contribution in [1.82, 2.24) is 10.2 Å². The summed E-state index contributed by atoms with van der Waals surface area (Å²) in [6, 6.07) is 0.543. The van der Waals surface area contributed by atoms with Crippen molar-refractivity contribution in [1.29, 1.82) is 0 Å². The minimum absolute atomic E-state index is 0.543. The lowest BCUT2D eigenvalue weighted by molar-refractivity contribution is 0.0382. The number of hydrogen-bond donors (Lipinski definition) is 2. The van der Waals surface area contributed by atoms with Crippen molar-refractivity contribution in [2.24, 2.45) is 5.73 Å². The Labute approximate surface area is 86.8 Å². The van der Waals surface area contributed by atoms with Gasteiger partial charge < -0.3 is 15.8 Å². The average Bonchev–Trinajstić information content (AvgIpc) is 2.20. The van der Waals surface area contributed by atoms with Crippen molar-refractivity contribution in [3.05, 3.63) is 0 Å². The highest BCUT2D eigenvalue weighted by Gasteiger charge is 2.09. The maximum atomic E-state index is 5.48. The molecule has 0 radical (unpaired) electrons. The van der Waals surface area contributed by atoms with Crippen LogP contribution < -0.4 is 11.1 Å². The molecule has 1 aliphatic rings. The Morgan fingerprint density at radius 1 is 1.43 bits per heavy atom. The molecule has 1 aliphatic heterocycles. The standard InChI is InChI=1S/C10H23N3O/c1-10(2-3-11)12-4-5-13-6-8-14-9-7-13/h10,12H,2-9,11H2,1H3. The molecule has 0 aromatic carbocycles. The molecule has 0 aromatic rings. The van der Waals surface area contributed by atoms with E-state index in [4.69, 9.17) is 10.5 Å². The van der Waals surface area contributed by atoms with Gasteiger partial charge in [-0.15, -0.1) is 0 Å². The lowest BCUT2D eigenvalue weighted by Gasteiger charge is -2.27. The van der Waals surface area contributed by atoms with E-state index in [2.05, 4.69) is 17.1 Å². The molecule has 3 N–H and O–H groups in total.